The number of carbonyl (C=O) groups is 1. The van der Waals surface area contributed by atoms with Crippen molar-refractivity contribution >= 4 is 16.9 Å². The van der Waals surface area contributed by atoms with E-state index in [-0.39, 0.29) is 11.9 Å². The average molecular weight is 395 g/mol. The molecule has 4 rings (SSSR count). The molecule has 0 radical (unpaired) electrons. The molecule has 1 aliphatic heterocycles. The number of aryl methyl sites for hydroxylation is 3. The van der Waals surface area contributed by atoms with Crippen molar-refractivity contribution < 1.29 is 13.6 Å². The SMILES string of the molecule is Cc1ccc2oc(C(=O)NC[C@H](c3ccc(C)o3)N3CCC(C)CC3)c(C)c2c1. The summed E-state index contributed by atoms with van der Waals surface area (Å²) in [4.78, 5) is 15.4. The van der Waals surface area contributed by atoms with Crippen LogP contribution in [0.2, 0.25) is 0 Å². The van der Waals surface area contributed by atoms with E-state index in [4.69, 9.17) is 8.83 Å². The van der Waals surface area contributed by atoms with Crippen molar-refractivity contribution in [2.24, 2.45) is 5.92 Å². The first kappa shape index (κ1) is 19.8. The normalized spacial score (nSPS) is 17.0. The molecule has 1 fully saturated rings. The van der Waals surface area contributed by atoms with Crippen LogP contribution in [0.15, 0.2) is 39.2 Å². The van der Waals surface area contributed by atoms with Crippen molar-refractivity contribution in [3.05, 3.63) is 58.7 Å². The number of hydrogen-bond donors (Lipinski definition) is 1. The molecule has 29 heavy (non-hydrogen) atoms. The molecule has 3 heterocycles. The summed E-state index contributed by atoms with van der Waals surface area (Å²) >= 11 is 0. The molecule has 5 nitrogen and oxygen atoms in total. The number of carbonyl (C=O) groups excluding carboxylic acids is 1. The van der Waals surface area contributed by atoms with Crippen LogP contribution < -0.4 is 5.32 Å². The monoisotopic (exact) mass is 394 g/mol. The molecule has 1 atom stereocenters. The molecule has 5 heteroatoms. The van der Waals surface area contributed by atoms with Gasteiger partial charge in [0.1, 0.15) is 17.1 Å². The predicted octanol–water partition coefficient (Wildman–Crippen LogP) is 5.15. The molecule has 154 valence electrons. The third kappa shape index (κ3) is 4.10. The van der Waals surface area contributed by atoms with Gasteiger partial charge in [-0.05, 0) is 76.9 Å². The summed E-state index contributed by atoms with van der Waals surface area (Å²) in [5.74, 6) is 2.78. The van der Waals surface area contributed by atoms with Gasteiger partial charge in [-0.2, -0.15) is 0 Å². The van der Waals surface area contributed by atoms with Gasteiger partial charge >= 0.3 is 0 Å². The molecule has 1 saturated heterocycles. The van der Waals surface area contributed by atoms with Crippen LogP contribution in [-0.2, 0) is 0 Å². The summed E-state index contributed by atoms with van der Waals surface area (Å²) in [6.45, 7) is 10.8. The Morgan fingerprint density at radius 3 is 2.59 bits per heavy atom. The number of benzene rings is 1. The van der Waals surface area contributed by atoms with Gasteiger partial charge in [0.2, 0.25) is 0 Å². The third-order valence-electron chi connectivity index (χ3n) is 6.10. The smallest absolute Gasteiger partial charge is 0.287 e. The highest BCUT2D eigenvalue weighted by atomic mass is 16.3. The molecular formula is C24H30N2O3. The van der Waals surface area contributed by atoms with Crippen LogP contribution in [0, 0.1) is 26.7 Å². The zero-order chi connectivity index (χ0) is 20.5. The van der Waals surface area contributed by atoms with Crippen LogP contribution in [0.3, 0.4) is 0 Å². The van der Waals surface area contributed by atoms with E-state index in [1.54, 1.807) is 0 Å². The molecule has 1 N–H and O–H groups in total. The Bertz CT molecular complexity index is 1010. The zero-order valence-corrected chi connectivity index (χ0v) is 17.7. The molecule has 0 aliphatic carbocycles. The highest BCUT2D eigenvalue weighted by Gasteiger charge is 2.28. The number of rotatable bonds is 5. The van der Waals surface area contributed by atoms with Gasteiger partial charge in [0, 0.05) is 17.5 Å². The summed E-state index contributed by atoms with van der Waals surface area (Å²) in [5.41, 5.74) is 2.79. The van der Waals surface area contributed by atoms with Crippen LogP contribution in [0.5, 0.6) is 0 Å². The van der Waals surface area contributed by atoms with Crippen molar-refractivity contribution in [2.45, 2.75) is 46.6 Å². The van der Waals surface area contributed by atoms with Crippen LogP contribution in [0.4, 0.5) is 0 Å². The Hall–Kier alpha value is -2.53. The van der Waals surface area contributed by atoms with Crippen molar-refractivity contribution in [2.75, 3.05) is 19.6 Å². The van der Waals surface area contributed by atoms with E-state index in [9.17, 15) is 4.79 Å². The quantitative estimate of drug-likeness (QED) is 0.650. The molecule has 1 aliphatic rings. The van der Waals surface area contributed by atoms with Gasteiger partial charge in [-0.25, -0.2) is 0 Å². The van der Waals surface area contributed by atoms with E-state index in [1.165, 1.54) is 12.8 Å². The molecule has 1 aromatic carbocycles. The summed E-state index contributed by atoms with van der Waals surface area (Å²) < 4.78 is 11.8. The topological polar surface area (TPSA) is 58.6 Å². The number of fused-ring (bicyclic) bond motifs is 1. The van der Waals surface area contributed by atoms with Gasteiger partial charge in [-0.1, -0.05) is 18.6 Å². The largest absolute Gasteiger partial charge is 0.465 e. The molecule has 0 spiro atoms. The number of likely N-dealkylation sites (tertiary alicyclic amines) is 1. The maximum Gasteiger partial charge on any atom is 0.287 e. The second-order valence-corrected chi connectivity index (χ2v) is 8.45. The first-order valence-corrected chi connectivity index (χ1v) is 10.5. The van der Waals surface area contributed by atoms with Crippen LogP contribution >= 0.6 is 0 Å². The number of furan rings is 2. The highest BCUT2D eigenvalue weighted by molar-refractivity contribution is 5.99. The van der Waals surface area contributed by atoms with E-state index in [1.807, 2.05) is 45.0 Å². The fourth-order valence-electron chi connectivity index (χ4n) is 4.20. The lowest BCUT2D eigenvalue weighted by Gasteiger charge is -2.35. The maximum absolute atomic E-state index is 12.9. The highest BCUT2D eigenvalue weighted by Crippen LogP contribution is 2.29. The Morgan fingerprint density at radius 1 is 1.14 bits per heavy atom. The van der Waals surface area contributed by atoms with Crippen molar-refractivity contribution in [1.82, 2.24) is 10.2 Å². The van der Waals surface area contributed by atoms with Crippen LogP contribution in [0.25, 0.3) is 11.0 Å². The minimum atomic E-state index is -0.171. The molecule has 0 saturated carbocycles. The van der Waals surface area contributed by atoms with E-state index < -0.39 is 0 Å². The molecule has 2 aromatic heterocycles. The van der Waals surface area contributed by atoms with Crippen molar-refractivity contribution in [3.8, 4) is 0 Å². The second kappa shape index (κ2) is 8.07. The Balaban J connectivity index is 1.52. The Labute approximate surface area is 172 Å². The average Bonchev–Trinajstić information content (AvgIpc) is 3.27. The lowest BCUT2D eigenvalue weighted by atomic mass is 9.97. The fraction of sp³-hybridized carbons (Fsp3) is 0.458. The van der Waals surface area contributed by atoms with Crippen molar-refractivity contribution in [1.29, 1.82) is 0 Å². The minimum Gasteiger partial charge on any atom is -0.465 e. The minimum absolute atomic E-state index is 0.0343. The van der Waals surface area contributed by atoms with E-state index in [2.05, 4.69) is 23.2 Å². The standard InChI is InChI=1S/C24H30N2O3/c1-15-9-11-26(12-10-15)20(22-8-6-17(3)28-22)14-25-24(27)23-18(4)19-13-16(2)5-7-21(19)29-23/h5-8,13,15,20H,9-12,14H2,1-4H3,(H,25,27)/t20-/m1/s1. The number of amides is 1. The molecule has 1 amide bonds. The van der Waals surface area contributed by atoms with Gasteiger partial charge in [-0.15, -0.1) is 0 Å². The van der Waals surface area contributed by atoms with Gasteiger partial charge < -0.3 is 14.2 Å². The first-order valence-electron chi connectivity index (χ1n) is 10.5. The van der Waals surface area contributed by atoms with Gasteiger partial charge in [0.05, 0.1) is 6.04 Å². The van der Waals surface area contributed by atoms with Crippen molar-refractivity contribution in [3.63, 3.8) is 0 Å². The fourth-order valence-corrected chi connectivity index (χ4v) is 4.20. The van der Waals surface area contributed by atoms with Crippen LogP contribution in [-0.4, -0.2) is 30.4 Å². The number of nitrogens with zero attached hydrogens (tertiary/aromatic N) is 1. The van der Waals surface area contributed by atoms with Gasteiger partial charge in [0.25, 0.3) is 5.91 Å². The zero-order valence-electron chi connectivity index (χ0n) is 17.7. The van der Waals surface area contributed by atoms with E-state index in [0.29, 0.717) is 12.3 Å². The Kier molecular flexibility index (Phi) is 5.50. The number of nitrogens with one attached hydrogen (secondary N) is 1. The lowest BCUT2D eigenvalue weighted by molar-refractivity contribution is 0.0871. The number of piperidine rings is 1. The third-order valence-corrected chi connectivity index (χ3v) is 6.10. The summed E-state index contributed by atoms with van der Waals surface area (Å²) in [5, 5.41) is 4.10. The summed E-state index contributed by atoms with van der Waals surface area (Å²) in [7, 11) is 0. The molecule has 0 bridgehead atoms. The Morgan fingerprint density at radius 2 is 1.90 bits per heavy atom. The lowest BCUT2D eigenvalue weighted by Crippen LogP contribution is -2.41. The van der Waals surface area contributed by atoms with E-state index in [0.717, 1.165) is 52.6 Å². The van der Waals surface area contributed by atoms with Crippen LogP contribution in [0.1, 0.15) is 59.0 Å². The molecular weight excluding hydrogens is 364 g/mol. The number of hydrogen-bond acceptors (Lipinski definition) is 4. The maximum atomic E-state index is 12.9. The predicted molar refractivity (Wildman–Crippen MR) is 114 cm³/mol. The summed E-state index contributed by atoms with van der Waals surface area (Å²) in [6, 6.07) is 10.0. The second-order valence-electron chi connectivity index (χ2n) is 8.45. The summed E-state index contributed by atoms with van der Waals surface area (Å²) in [6.07, 6.45) is 2.35. The van der Waals surface area contributed by atoms with E-state index >= 15 is 0 Å². The molecule has 0 unspecified atom stereocenters. The molecule has 3 aromatic rings. The first-order chi connectivity index (χ1) is 13.9. The van der Waals surface area contributed by atoms with Gasteiger partial charge in [-0.3, -0.25) is 9.69 Å². The van der Waals surface area contributed by atoms with Gasteiger partial charge in [0.15, 0.2) is 5.76 Å².